The molecule has 1 N–H and O–H groups in total. The molecule has 1 heterocycles. The fourth-order valence-electron chi connectivity index (χ4n) is 1.41. The second kappa shape index (κ2) is 5.83. The highest BCUT2D eigenvalue weighted by Crippen LogP contribution is 2.17. The molecule has 0 aromatic carbocycles. The summed E-state index contributed by atoms with van der Waals surface area (Å²) >= 11 is 1.34. The van der Waals surface area contributed by atoms with E-state index < -0.39 is 6.09 Å². The Morgan fingerprint density at radius 2 is 2.28 bits per heavy atom. The van der Waals surface area contributed by atoms with E-state index in [1.807, 2.05) is 30.9 Å². The molecule has 0 saturated heterocycles. The third kappa shape index (κ3) is 4.00. The predicted octanol–water partition coefficient (Wildman–Crippen LogP) is 2.73. The van der Waals surface area contributed by atoms with E-state index >= 15 is 0 Å². The third-order valence-corrected chi connectivity index (χ3v) is 3.70. The number of nitriles is 1. The fraction of sp³-hybridized carbons (Fsp3) is 0.583. The van der Waals surface area contributed by atoms with Crippen molar-refractivity contribution < 1.29 is 9.90 Å². The highest BCUT2D eigenvalue weighted by atomic mass is 32.1. The predicted molar refractivity (Wildman–Crippen MR) is 69.4 cm³/mol. The number of hydrogen-bond donors (Lipinski definition) is 1. The van der Waals surface area contributed by atoms with Crippen molar-refractivity contribution in [2.24, 2.45) is 4.99 Å². The van der Waals surface area contributed by atoms with Crippen LogP contribution >= 0.6 is 11.5 Å². The van der Waals surface area contributed by atoms with Gasteiger partial charge in [-0.2, -0.15) is 10.3 Å². The molecule has 0 saturated carbocycles. The van der Waals surface area contributed by atoms with E-state index in [0.717, 1.165) is 12.0 Å². The number of nitrogens with zero attached hydrogens (tertiary/aromatic N) is 3. The number of unbranched alkanes of at least 4 members (excludes halogenated alkanes) is 1. The molecule has 18 heavy (non-hydrogen) atoms. The Bertz CT molecular complexity index is 529. The summed E-state index contributed by atoms with van der Waals surface area (Å²) < 4.78 is 2.52. The number of aryl methyl sites for hydroxylation is 1. The first-order valence-corrected chi connectivity index (χ1v) is 6.49. The summed E-state index contributed by atoms with van der Waals surface area (Å²) in [6, 6.07) is 2.08. The number of hydrogen-bond acceptors (Lipinski definition) is 3. The second-order valence-electron chi connectivity index (χ2n) is 4.95. The molecule has 0 unspecified atom stereocenters. The Morgan fingerprint density at radius 3 is 2.78 bits per heavy atom. The summed E-state index contributed by atoms with van der Waals surface area (Å²) in [5.41, 5.74) is 0.800. The topological polar surface area (TPSA) is 78.4 Å². The molecule has 5 nitrogen and oxygen atoms in total. The molecular formula is C12H17N3O2S. The minimum absolute atomic E-state index is 0.0963. The van der Waals surface area contributed by atoms with E-state index in [1.165, 1.54) is 11.5 Å². The maximum Gasteiger partial charge on any atom is 0.432 e. The molecule has 1 amide bonds. The zero-order valence-corrected chi connectivity index (χ0v) is 11.6. The van der Waals surface area contributed by atoms with Crippen molar-refractivity contribution in [3.63, 3.8) is 0 Å². The van der Waals surface area contributed by atoms with Crippen LogP contribution in [0.25, 0.3) is 0 Å². The number of carboxylic acid groups (broad SMARTS) is 1. The zero-order valence-electron chi connectivity index (χ0n) is 10.8. The first-order chi connectivity index (χ1) is 8.34. The van der Waals surface area contributed by atoms with Crippen molar-refractivity contribution in [1.29, 1.82) is 5.26 Å². The van der Waals surface area contributed by atoms with Crippen LogP contribution in [0.2, 0.25) is 0 Å². The lowest BCUT2D eigenvalue weighted by atomic mass is 10.1. The van der Waals surface area contributed by atoms with E-state index in [1.54, 1.807) is 0 Å². The summed E-state index contributed by atoms with van der Waals surface area (Å²) in [5.74, 6) is 0. The molecular weight excluding hydrogens is 250 g/mol. The van der Waals surface area contributed by atoms with Crippen molar-refractivity contribution in [3.05, 3.63) is 16.4 Å². The monoisotopic (exact) mass is 267 g/mol. The molecule has 0 aliphatic rings. The molecule has 0 atom stereocenters. The largest absolute Gasteiger partial charge is 0.463 e. The molecule has 0 radical (unpaired) electrons. The van der Waals surface area contributed by atoms with Crippen LogP contribution in [0.4, 0.5) is 4.79 Å². The number of rotatable bonds is 3. The SMILES string of the molecule is CC(C)(C)n1cc(CCCC#N)/c(=N/C(=O)O)s1. The van der Waals surface area contributed by atoms with Crippen LogP contribution in [0.5, 0.6) is 0 Å². The van der Waals surface area contributed by atoms with Gasteiger partial charge in [-0.15, -0.1) is 0 Å². The third-order valence-electron chi connectivity index (χ3n) is 2.33. The van der Waals surface area contributed by atoms with Gasteiger partial charge in [-0.05, 0) is 45.1 Å². The molecule has 1 rings (SSSR count). The molecule has 0 fully saturated rings. The van der Waals surface area contributed by atoms with Crippen molar-refractivity contribution in [2.45, 2.75) is 45.6 Å². The molecule has 1 aromatic rings. The lowest BCUT2D eigenvalue weighted by Gasteiger charge is -2.19. The normalized spacial score (nSPS) is 12.4. The van der Waals surface area contributed by atoms with Gasteiger partial charge < -0.3 is 5.11 Å². The Balaban J connectivity index is 3.10. The average molecular weight is 267 g/mol. The van der Waals surface area contributed by atoms with Gasteiger partial charge in [0.1, 0.15) is 4.67 Å². The quantitative estimate of drug-likeness (QED) is 0.855. The van der Waals surface area contributed by atoms with Crippen LogP contribution < -0.4 is 4.67 Å². The van der Waals surface area contributed by atoms with Crippen molar-refractivity contribution in [3.8, 4) is 6.07 Å². The van der Waals surface area contributed by atoms with Gasteiger partial charge in [-0.25, -0.2) is 4.79 Å². The number of amides is 1. The smallest absolute Gasteiger partial charge is 0.432 e. The Morgan fingerprint density at radius 1 is 1.61 bits per heavy atom. The fourth-order valence-corrected chi connectivity index (χ4v) is 2.44. The van der Waals surface area contributed by atoms with Gasteiger partial charge in [0.05, 0.1) is 6.07 Å². The van der Waals surface area contributed by atoms with Gasteiger partial charge in [0.15, 0.2) is 0 Å². The molecule has 98 valence electrons. The Hall–Kier alpha value is -1.61. The molecule has 0 spiro atoms. The van der Waals surface area contributed by atoms with Crippen LogP contribution in [-0.2, 0) is 12.0 Å². The van der Waals surface area contributed by atoms with Crippen LogP contribution in [0.15, 0.2) is 11.2 Å². The molecule has 0 aliphatic heterocycles. The van der Waals surface area contributed by atoms with Crippen molar-refractivity contribution in [2.75, 3.05) is 0 Å². The van der Waals surface area contributed by atoms with Gasteiger partial charge in [-0.1, -0.05) is 0 Å². The zero-order chi connectivity index (χ0) is 13.8. The van der Waals surface area contributed by atoms with Gasteiger partial charge >= 0.3 is 6.09 Å². The lowest BCUT2D eigenvalue weighted by molar-refractivity contribution is 0.205. The average Bonchev–Trinajstić information content (AvgIpc) is 2.61. The minimum atomic E-state index is -1.18. The van der Waals surface area contributed by atoms with Crippen molar-refractivity contribution >= 4 is 17.6 Å². The van der Waals surface area contributed by atoms with E-state index in [2.05, 4.69) is 11.1 Å². The lowest BCUT2D eigenvalue weighted by Crippen LogP contribution is -2.18. The highest BCUT2D eigenvalue weighted by Gasteiger charge is 2.15. The van der Waals surface area contributed by atoms with Crippen LogP contribution in [-0.4, -0.2) is 15.2 Å². The summed E-state index contributed by atoms with van der Waals surface area (Å²) in [4.78, 5) is 14.3. The molecule has 6 heteroatoms. The second-order valence-corrected chi connectivity index (χ2v) is 5.92. The molecule has 0 aliphatic carbocycles. The van der Waals surface area contributed by atoms with Crippen molar-refractivity contribution in [1.82, 2.24) is 3.96 Å². The van der Waals surface area contributed by atoms with E-state index in [4.69, 9.17) is 10.4 Å². The Kier molecular flexibility index (Phi) is 4.68. The summed E-state index contributed by atoms with van der Waals surface area (Å²) in [7, 11) is 0. The maximum atomic E-state index is 10.7. The number of carbonyl (C=O) groups is 1. The first kappa shape index (κ1) is 14.5. The summed E-state index contributed by atoms with van der Waals surface area (Å²) in [6.45, 7) is 6.15. The number of aromatic nitrogens is 1. The summed E-state index contributed by atoms with van der Waals surface area (Å²) in [6.07, 6.45) is 2.62. The van der Waals surface area contributed by atoms with Gasteiger partial charge in [0, 0.05) is 23.7 Å². The first-order valence-electron chi connectivity index (χ1n) is 5.71. The summed E-state index contributed by atoms with van der Waals surface area (Å²) in [5, 5.41) is 17.3. The van der Waals surface area contributed by atoms with E-state index in [-0.39, 0.29) is 5.54 Å². The Labute approximate surface area is 110 Å². The molecule has 1 aromatic heterocycles. The van der Waals surface area contributed by atoms with Gasteiger partial charge in [-0.3, -0.25) is 3.96 Å². The maximum absolute atomic E-state index is 10.7. The van der Waals surface area contributed by atoms with Gasteiger partial charge in [0.25, 0.3) is 0 Å². The van der Waals surface area contributed by atoms with Crippen LogP contribution in [0.1, 0.15) is 39.2 Å². The van der Waals surface area contributed by atoms with Crippen LogP contribution in [0, 0.1) is 11.3 Å². The van der Waals surface area contributed by atoms with Crippen LogP contribution in [0.3, 0.4) is 0 Å². The van der Waals surface area contributed by atoms with E-state index in [9.17, 15) is 4.79 Å². The minimum Gasteiger partial charge on any atom is -0.463 e. The molecule has 0 bridgehead atoms. The van der Waals surface area contributed by atoms with E-state index in [0.29, 0.717) is 17.5 Å². The van der Waals surface area contributed by atoms with Gasteiger partial charge in [0.2, 0.25) is 0 Å². The highest BCUT2D eigenvalue weighted by molar-refractivity contribution is 7.04. The standard InChI is InChI=1S/C12H17N3O2S/c1-12(2,3)15-8-9(6-4-5-7-13)10(18-15)14-11(16)17/h8H,4-6H2,1-3H3,(H,16,17)/b14-10-.